The summed E-state index contributed by atoms with van der Waals surface area (Å²) in [7, 11) is 0. The molecule has 3 saturated carbocycles. The monoisotopic (exact) mass is 1050 g/mol. The minimum atomic E-state index is 0. The van der Waals surface area contributed by atoms with Crippen LogP contribution in [0.15, 0.2) is 121 Å². The predicted octanol–water partition coefficient (Wildman–Crippen LogP) is 11.9. The minimum absolute atomic E-state index is 0. The Morgan fingerprint density at radius 2 is 0.727 bits per heavy atom. The molecule has 14 rings (SSSR count). The standard InChI is InChI=1S/C26H32N2O3.C24H30O.C16H21NO3.CH4/c1-2-21(1)12-27(13-24-16-29-24)22-7-3-19(4-8-22)11-20-5-9-23(10-6-20)28(14-25-17-30-25)15-26-18-31-26;1-24(2,21-12-7-19(8-13-21)6-5-18-3-4-18)22-14-9-20(10-15-22)11-16-23-17-25-23;1-2-12(1)9-18-14-5-3-13(4-6-14)17(7-15-10-19-15)8-16-11-20-16;/h3-10,21,24-26H,1-2,11-18H2;7-10,12-15,18,23H,3-6,11,16-17H2,1-2H3;3-6,12,15-16H,1-2,7-11H2;1H4. The Morgan fingerprint density at radius 3 is 1.09 bits per heavy atom. The maximum absolute atomic E-state index is 5.78. The molecule has 5 aromatic carbocycles. The zero-order chi connectivity index (χ0) is 51.3. The van der Waals surface area contributed by atoms with Gasteiger partial charge in [0.2, 0.25) is 0 Å². The lowest BCUT2D eigenvalue weighted by molar-refractivity contribution is 0.300. The molecule has 5 aromatic rings. The second kappa shape index (κ2) is 25.0. The van der Waals surface area contributed by atoms with Crippen LogP contribution in [0.5, 0.6) is 5.75 Å². The van der Waals surface area contributed by atoms with Gasteiger partial charge in [0.1, 0.15) is 5.75 Å². The fourth-order valence-electron chi connectivity index (χ4n) is 10.4. The molecule has 10 heteroatoms. The molecule has 3 aliphatic carbocycles. The molecular weight excluding hydrogens is 959 g/mol. The molecule has 0 N–H and O–H groups in total. The third kappa shape index (κ3) is 17.5. The molecule has 6 unspecified atom stereocenters. The van der Waals surface area contributed by atoms with Gasteiger partial charge in [-0.1, -0.05) is 107 Å². The Hall–Kier alpha value is -4.94. The fourth-order valence-corrected chi connectivity index (χ4v) is 10.4. The van der Waals surface area contributed by atoms with E-state index in [1.807, 2.05) is 0 Å². The van der Waals surface area contributed by atoms with Crippen molar-refractivity contribution >= 4 is 17.1 Å². The smallest absolute Gasteiger partial charge is 0.119 e. The number of epoxide rings is 6. The van der Waals surface area contributed by atoms with Crippen molar-refractivity contribution in [2.24, 2.45) is 17.8 Å². The number of aryl methyl sites for hydroxylation is 2. The van der Waals surface area contributed by atoms with Crippen molar-refractivity contribution in [3.8, 4) is 5.75 Å². The molecule has 6 heterocycles. The number of anilines is 3. The fraction of sp³-hybridized carbons (Fsp3) is 0.552. The van der Waals surface area contributed by atoms with E-state index in [1.165, 1.54) is 108 Å². The lowest BCUT2D eigenvalue weighted by Crippen LogP contribution is -2.31. The Labute approximate surface area is 460 Å². The van der Waals surface area contributed by atoms with Crippen LogP contribution in [0.25, 0.3) is 0 Å². The number of hydrogen-bond donors (Lipinski definition) is 0. The highest BCUT2D eigenvalue weighted by Crippen LogP contribution is 2.37. The average molecular weight is 1050 g/mol. The Balaban J connectivity index is 0.000000125. The van der Waals surface area contributed by atoms with E-state index in [0.29, 0.717) is 36.6 Å². The molecule has 0 aromatic heterocycles. The first-order valence-electron chi connectivity index (χ1n) is 29.3. The lowest BCUT2D eigenvalue weighted by atomic mass is 9.77. The van der Waals surface area contributed by atoms with Crippen molar-refractivity contribution in [3.05, 3.63) is 155 Å². The van der Waals surface area contributed by atoms with Crippen LogP contribution in [0.4, 0.5) is 17.1 Å². The molecule has 0 bridgehead atoms. The minimum Gasteiger partial charge on any atom is -0.493 e. The van der Waals surface area contributed by atoms with Crippen LogP contribution < -0.4 is 19.4 Å². The number of nitrogens with zero attached hydrogens (tertiary/aromatic N) is 3. The van der Waals surface area contributed by atoms with E-state index in [9.17, 15) is 0 Å². The predicted molar refractivity (Wildman–Crippen MR) is 309 cm³/mol. The van der Waals surface area contributed by atoms with E-state index in [1.54, 1.807) is 0 Å². The molecule has 9 fully saturated rings. The topological polar surface area (TPSA) is 94.1 Å². The van der Waals surface area contributed by atoms with Crippen LogP contribution in [0.2, 0.25) is 0 Å². The largest absolute Gasteiger partial charge is 0.493 e. The van der Waals surface area contributed by atoms with Crippen LogP contribution in [0.3, 0.4) is 0 Å². The quantitative estimate of drug-likeness (QED) is 0.0451. The van der Waals surface area contributed by atoms with Gasteiger partial charge in [-0.15, -0.1) is 0 Å². The molecule has 77 heavy (non-hydrogen) atoms. The van der Waals surface area contributed by atoms with Crippen molar-refractivity contribution in [2.75, 3.05) is 100 Å². The van der Waals surface area contributed by atoms with Gasteiger partial charge in [-0.25, -0.2) is 0 Å². The van der Waals surface area contributed by atoms with Gasteiger partial charge in [0.15, 0.2) is 0 Å². The van der Waals surface area contributed by atoms with Gasteiger partial charge in [0.05, 0.1) is 82.9 Å². The first-order chi connectivity index (χ1) is 37.3. The average Bonchev–Trinajstić information content (AvgIpc) is 4.26. The van der Waals surface area contributed by atoms with E-state index in [0.717, 1.165) is 122 Å². The molecule has 6 atom stereocenters. The van der Waals surface area contributed by atoms with E-state index in [-0.39, 0.29) is 12.8 Å². The number of ether oxygens (including phenoxy) is 7. The summed E-state index contributed by atoms with van der Waals surface area (Å²) < 4.78 is 38.2. The van der Waals surface area contributed by atoms with Crippen molar-refractivity contribution in [1.82, 2.24) is 0 Å². The van der Waals surface area contributed by atoms with Crippen LogP contribution in [0, 0.1) is 17.8 Å². The summed E-state index contributed by atoms with van der Waals surface area (Å²) in [6.07, 6.45) is 16.7. The zero-order valence-corrected chi connectivity index (χ0v) is 45.4. The number of hydrogen-bond acceptors (Lipinski definition) is 10. The van der Waals surface area contributed by atoms with E-state index < -0.39 is 0 Å². The summed E-state index contributed by atoms with van der Waals surface area (Å²) in [6, 6.07) is 45.2. The van der Waals surface area contributed by atoms with Crippen molar-refractivity contribution in [1.29, 1.82) is 0 Å². The molecule has 0 spiro atoms. The van der Waals surface area contributed by atoms with Gasteiger partial charge < -0.3 is 47.9 Å². The number of rotatable bonds is 28. The Morgan fingerprint density at radius 1 is 0.390 bits per heavy atom. The summed E-state index contributed by atoms with van der Waals surface area (Å²) in [4.78, 5) is 7.29. The molecule has 0 amide bonds. The second-order valence-corrected chi connectivity index (χ2v) is 24.2. The van der Waals surface area contributed by atoms with Gasteiger partial charge in [-0.05, 0) is 157 Å². The maximum atomic E-state index is 5.78. The SMILES string of the molecule is C.CC(C)(c1ccc(CCC2CC2)cc1)c1ccc(CCC2CO2)cc1.c1cc(N(CC2CC2)CC2CO2)ccc1Cc1ccc(N(CC2CO2)CC2CO2)cc1.c1cc(N(CC2CO2)CC2CO2)ccc1OCC1CC1. The third-order valence-electron chi connectivity index (χ3n) is 16.7. The van der Waals surface area contributed by atoms with Gasteiger partial charge in [0.25, 0.3) is 0 Å². The van der Waals surface area contributed by atoms with E-state index >= 15 is 0 Å². The maximum Gasteiger partial charge on any atom is 0.119 e. The first kappa shape index (κ1) is 54.0. The summed E-state index contributed by atoms with van der Waals surface area (Å²) in [5.74, 6) is 3.67. The molecular formula is C67H87N3O7. The van der Waals surface area contributed by atoms with Crippen molar-refractivity contribution < 1.29 is 33.2 Å². The van der Waals surface area contributed by atoms with E-state index in [4.69, 9.17) is 33.2 Å². The summed E-state index contributed by atoms with van der Waals surface area (Å²) in [6.45, 7) is 17.0. The third-order valence-corrected chi connectivity index (χ3v) is 16.7. The highest BCUT2D eigenvalue weighted by atomic mass is 16.6. The molecule has 10 nitrogen and oxygen atoms in total. The van der Waals surface area contributed by atoms with Gasteiger partial charge in [-0.2, -0.15) is 0 Å². The summed E-state index contributed by atoms with van der Waals surface area (Å²) in [5, 5.41) is 0. The van der Waals surface area contributed by atoms with Crippen LogP contribution in [-0.4, -0.2) is 122 Å². The molecule has 9 aliphatic rings. The molecule has 6 saturated heterocycles. The van der Waals surface area contributed by atoms with Crippen LogP contribution in [0.1, 0.15) is 106 Å². The van der Waals surface area contributed by atoms with E-state index in [2.05, 4.69) is 150 Å². The highest BCUT2D eigenvalue weighted by molar-refractivity contribution is 5.52. The Kier molecular flexibility index (Phi) is 17.6. The van der Waals surface area contributed by atoms with Crippen LogP contribution in [-0.2, 0) is 53.1 Å². The van der Waals surface area contributed by atoms with Gasteiger partial charge in [-0.3, -0.25) is 0 Å². The summed E-state index contributed by atoms with van der Waals surface area (Å²) >= 11 is 0. The zero-order valence-electron chi connectivity index (χ0n) is 45.4. The second-order valence-electron chi connectivity index (χ2n) is 24.2. The summed E-state index contributed by atoms with van der Waals surface area (Å²) in [5.41, 5.74) is 12.3. The van der Waals surface area contributed by atoms with Gasteiger partial charge >= 0.3 is 0 Å². The molecule has 0 radical (unpaired) electrons. The normalized spacial score (nSPS) is 23.9. The number of benzene rings is 5. The van der Waals surface area contributed by atoms with Gasteiger partial charge in [0, 0.05) is 61.7 Å². The Bertz CT molecular complexity index is 2400. The lowest BCUT2D eigenvalue weighted by Gasteiger charge is -2.26. The van der Waals surface area contributed by atoms with Crippen molar-refractivity contribution in [3.63, 3.8) is 0 Å². The highest BCUT2D eigenvalue weighted by Gasteiger charge is 2.34. The van der Waals surface area contributed by atoms with Crippen LogP contribution >= 0.6 is 0 Å². The molecule has 412 valence electrons. The first-order valence-corrected chi connectivity index (χ1v) is 29.3. The molecule has 6 aliphatic heterocycles. The van der Waals surface area contributed by atoms with Crippen molar-refractivity contribution in [2.45, 2.75) is 134 Å².